The Balaban J connectivity index is 1.39. The fourth-order valence-corrected chi connectivity index (χ4v) is 5.35. The molecule has 1 N–H and O–H groups in total. The summed E-state index contributed by atoms with van der Waals surface area (Å²) >= 11 is 7.91. The highest BCUT2D eigenvalue weighted by Crippen LogP contribution is 2.30. The van der Waals surface area contributed by atoms with E-state index in [0.29, 0.717) is 0 Å². The first kappa shape index (κ1) is 22.7. The molecule has 0 saturated carbocycles. The highest BCUT2D eigenvalue weighted by molar-refractivity contribution is 9.12. The number of nitrogens with zero attached hydrogens (tertiary/aromatic N) is 3. The van der Waals surface area contributed by atoms with Crippen LogP contribution < -0.4 is 5.43 Å². The first-order chi connectivity index (χ1) is 14.6. The molecule has 1 heterocycles. The Morgan fingerprint density at radius 3 is 2.53 bits per heavy atom. The topological polar surface area (TPSA) is 67.2 Å². The summed E-state index contributed by atoms with van der Waals surface area (Å²) in [7, 11) is 0. The SMILES string of the molecule is Cc1ccc(CSc2nnc(SCC(=O)N/N=C\C(Br)=C\c3ccccc3)s2)cc1. The van der Waals surface area contributed by atoms with Gasteiger partial charge in [-0.2, -0.15) is 5.10 Å². The summed E-state index contributed by atoms with van der Waals surface area (Å²) < 4.78 is 2.43. The molecule has 0 aliphatic rings. The number of amides is 1. The average Bonchev–Trinajstić information content (AvgIpc) is 3.20. The largest absolute Gasteiger partial charge is 0.272 e. The quantitative estimate of drug-likeness (QED) is 0.221. The summed E-state index contributed by atoms with van der Waals surface area (Å²) in [5.74, 6) is 0.884. The van der Waals surface area contributed by atoms with Crippen molar-refractivity contribution in [2.75, 3.05) is 5.75 Å². The van der Waals surface area contributed by atoms with Gasteiger partial charge in [0, 0.05) is 10.2 Å². The van der Waals surface area contributed by atoms with Crippen LogP contribution in [0.1, 0.15) is 16.7 Å². The predicted octanol–water partition coefficient (Wildman–Crippen LogP) is 5.77. The molecule has 30 heavy (non-hydrogen) atoms. The van der Waals surface area contributed by atoms with Gasteiger partial charge in [0.1, 0.15) is 0 Å². The van der Waals surface area contributed by atoms with E-state index in [9.17, 15) is 4.79 Å². The van der Waals surface area contributed by atoms with Gasteiger partial charge in [0.2, 0.25) is 0 Å². The van der Waals surface area contributed by atoms with Gasteiger partial charge in [-0.05, 0) is 40.1 Å². The van der Waals surface area contributed by atoms with Gasteiger partial charge in [-0.1, -0.05) is 95.0 Å². The van der Waals surface area contributed by atoms with E-state index in [1.165, 1.54) is 34.2 Å². The number of hydrogen-bond acceptors (Lipinski definition) is 7. The molecule has 0 radical (unpaired) electrons. The lowest BCUT2D eigenvalue weighted by Crippen LogP contribution is -2.19. The van der Waals surface area contributed by atoms with Crippen molar-refractivity contribution in [3.8, 4) is 0 Å². The number of benzene rings is 2. The minimum Gasteiger partial charge on any atom is -0.272 e. The number of rotatable bonds is 9. The summed E-state index contributed by atoms with van der Waals surface area (Å²) in [6.45, 7) is 2.08. The van der Waals surface area contributed by atoms with E-state index in [4.69, 9.17) is 0 Å². The second kappa shape index (κ2) is 12.0. The first-order valence-corrected chi connectivity index (χ1v) is 12.6. The van der Waals surface area contributed by atoms with Gasteiger partial charge >= 0.3 is 0 Å². The summed E-state index contributed by atoms with van der Waals surface area (Å²) in [5.41, 5.74) is 6.06. The Morgan fingerprint density at radius 1 is 1.10 bits per heavy atom. The maximum atomic E-state index is 12.0. The van der Waals surface area contributed by atoms with Crippen molar-refractivity contribution in [1.82, 2.24) is 15.6 Å². The Labute approximate surface area is 196 Å². The predicted molar refractivity (Wildman–Crippen MR) is 131 cm³/mol. The van der Waals surface area contributed by atoms with Crippen molar-refractivity contribution in [3.63, 3.8) is 0 Å². The van der Waals surface area contributed by atoms with E-state index in [2.05, 4.69) is 67.8 Å². The van der Waals surface area contributed by atoms with E-state index in [1.807, 2.05) is 36.4 Å². The Kier molecular flexibility index (Phi) is 9.13. The van der Waals surface area contributed by atoms with Crippen molar-refractivity contribution in [3.05, 3.63) is 75.8 Å². The van der Waals surface area contributed by atoms with Crippen LogP contribution in [0.5, 0.6) is 0 Å². The second-order valence-electron chi connectivity index (χ2n) is 6.13. The van der Waals surface area contributed by atoms with Gasteiger partial charge in [0.15, 0.2) is 8.68 Å². The van der Waals surface area contributed by atoms with E-state index in [0.717, 1.165) is 24.5 Å². The van der Waals surface area contributed by atoms with Crippen molar-refractivity contribution in [1.29, 1.82) is 0 Å². The minimum absolute atomic E-state index is 0.194. The third-order valence-electron chi connectivity index (χ3n) is 3.68. The molecular weight excluding hydrogens is 500 g/mol. The maximum Gasteiger partial charge on any atom is 0.250 e. The number of halogens is 1. The molecule has 0 saturated heterocycles. The smallest absolute Gasteiger partial charge is 0.250 e. The van der Waals surface area contributed by atoms with Crippen molar-refractivity contribution in [2.45, 2.75) is 21.4 Å². The molecule has 0 aliphatic heterocycles. The zero-order valence-corrected chi connectivity index (χ0v) is 20.2. The lowest BCUT2D eigenvalue weighted by atomic mass is 10.2. The van der Waals surface area contributed by atoms with Gasteiger partial charge in [-0.3, -0.25) is 4.79 Å². The van der Waals surface area contributed by atoms with E-state index >= 15 is 0 Å². The molecule has 154 valence electrons. The van der Waals surface area contributed by atoms with Crippen LogP contribution >= 0.6 is 50.8 Å². The normalized spacial score (nSPS) is 11.7. The zero-order valence-electron chi connectivity index (χ0n) is 16.1. The monoisotopic (exact) mass is 518 g/mol. The van der Waals surface area contributed by atoms with Gasteiger partial charge in [0.05, 0.1) is 12.0 Å². The number of aryl methyl sites for hydroxylation is 1. The summed E-state index contributed by atoms with van der Waals surface area (Å²) in [6.07, 6.45) is 3.47. The molecule has 0 unspecified atom stereocenters. The van der Waals surface area contributed by atoms with Crippen molar-refractivity contribution in [2.24, 2.45) is 5.10 Å². The molecule has 5 nitrogen and oxygen atoms in total. The molecule has 1 amide bonds. The molecular formula is C21H19BrN4OS3. The molecule has 0 atom stereocenters. The molecule has 0 spiro atoms. The van der Waals surface area contributed by atoms with Crippen molar-refractivity contribution < 1.29 is 4.79 Å². The number of nitrogens with one attached hydrogen (secondary N) is 1. The highest BCUT2D eigenvalue weighted by atomic mass is 79.9. The first-order valence-electron chi connectivity index (χ1n) is 8.97. The van der Waals surface area contributed by atoms with Crippen LogP contribution in [0, 0.1) is 6.92 Å². The van der Waals surface area contributed by atoms with Crippen LogP contribution in [0.3, 0.4) is 0 Å². The summed E-state index contributed by atoms with van der Waals surface area (Å²) in [4.78, 5) is 12.0. The van der Waals surface area contributed by atoms with Crippen LogP contribution in [0.2, 0.25) is 0 Å². The van der Waals surface area contributed by atoms with Crippen LogP contribution in [0.4, 0.5) is 0 Å². The third kappa shape index (κ3) is 8.06. The third-order valence-corrected chi connectivity index (χ3v) is 7.37. The van der Waals surface area contributed by atoms with Gasteiger partial charge in [-0.25, -0.2) is 5.43 Å². The molecule has 3 aromatic rings. The fraction of sp³-hybridized carbons (Fsp3) is 0.143. The number of hydrazone groups is 1. The number of thioether (sulfide) groups is 2. The summed E-state index contributed by atoms with van der Waals surface area (Å²) in [5, 5.41) is 12.3. The molecule has 3 rings (SSSR count). The Hall–Kier alpha value is -1.94. The Morgan fingerprint density at radius 2 is 1.80 bits per heavy atom. The molecule has 0 bridgehead atoms. The number of allylic oxidation sites excluding steroid dienone is 1. The van der Waals surface area contributed by atoms with E-state index in [-0.39, 0.29) is 11.7 Å². The number of carbonyl (C=O) groups excluding carboxylic acids is 1. The standard InChI is InChI=1S/C21H19BrN4OS3/c1-15-7-9-17(10-8-15)13-28-20-25-26-21(30-20)29-14-19(27)24-23-12-18(22)11-16-5-3-2-4-6-16/h2-12H,13-14H2,1H3,(H,24,27)/b18-11-,23-12-. The molecule has 9 heteroatoms. The minimum atomic E-state index is -0.194. The zero-order chi connectivity index (χ0) is 21.2. The number of hydrogen-bond donors (Lipinski definition) is 1. The van der Waals surface area contributed by atoms with Crippen LogP contribution in [0.25, 0.3) is 6.08 Å². The van der Waals surface area contributed by atoms with Crippen molar-refractivity contribution >= 4 is 69.0 Å². The average molecular weight is 520 g/mol. The van der Waals surface area contributed by atoms with E-state index < -0.39 is 0 Å². The van der Waals surface area contributed by atoms with Gasteiger partial charge < -0.3 is 0 Å². The maximum absolute atomic E-state index is 12.0. The molecule has 1 aromatic heterocycles. The lowest BCUT2D eigenvalue weighted by Gasteiger charge is -1.99. The number of carbonyl (C=O) groups is 1. The van der Waals surface area contributed by atoms with Gasteiger partial charge in [-0.15, -0.1) is 10.2 Å². The fourth-order valence-electron chi connectivity index (χ4n) is 2.21. The highest BCUT2D eigenvalue weighted by Gasteiger charge is 2.08. The van der Waals surface area contributed by atoms with Crippen LogP contribution in [-0.2, 0) is 10.5 Å². The molecule has 0 fully saturated rings. The second-order valence-corrected chi connectivity index (χ2v) is 10.5. The number of aromatic nitrogens is 2. The van der Waals surface area contributed by atoms with Crippen LogP contribution in [-0.4, -0.2) is 28.1 Å². The van der Waals surface area contributed by atoms with Crippen LogP contribution in [0.15, 0.2) is 72.9 Å². The lowest BCUT2D eigenvalue weighted by molar-refractivity contribution is -0.118. The Bertz CT molecular complexity index is 1020. The summed E-state index contributed by atoms with van der Waals surface area (Å²) in [6, 6.07) is 18.3. The van der Waals surface area contributed by atoms with Gasteiger partial charge in [0.25, 0.3) is 5.91 Å². The molecule has 0 aliphatic carbocycles. The molecule has 2 aromatic carbocycles. The van der Waals surface area contributed by atoms with E-state index in [1.54, 1.807) is 18.0 Å².